The first-order chi connectivity index (χ1) is 21.0. The van der Waals surface area contributed by atoms with E-state index < -0.39 is 17.6 Å². The first-order valence-electron chi connectivity index (χ1n) is 14.0. The topological polar surface area (TPSA) is 102 Å². The van der Waals surface area contributed by atoms with Crippen LogP contribution < -0.4 is 10.1 Å². The van der Waals surface area contributed by atoms with Crippen molar-refractivity contribution in [2.24, 2.45) is 7.05 Å². The number of furan rings is 1. The van der Waals surface area contributed by atoms with Crippen molar-refractivity contribution >= 4 is 22.8 Å². The molecule has 1 amide bonds. The minimum atomic E-state index is -4.61. The molecule has 13 heteroatoms. The number of aryl methyl sites for hydroxylation is 2. The summed E-state index contributed by atoms with van der Waals surface area (Å²) in [5, 5.41) is 2.74. The minimum absolute atomic E-state index is 0.0964. The largest absolute Gasteiger partial charge is 0.472 e. The molecule has 0 aliphatic carbocycles. The van der Waals surface area contributed by atoms with Gasteiger partial charge in [-0.3, -0.25) is 9.69 Å². The summed E-state index contributed by atoms with van der Waals surface area (Å²) >= 11 is 0. The number of nitrogens with one attached hydrogen (secondary N) is 1. The fourth-order valence-corrected chi connectivity index (χ4v) is 5.04. The van der Waals surface area contributed by atoms with Gasteiger partial charge in [-0.1, -0.05) is 12.1 Å². The Bertz CT molecular complexity index is 1810. The summed E-state index contributed by atoms with van der Waals surface area (Å²) < 4.78 is 55.3. The van der Waals surface area contributed by atoms with E-state index in [0.717, 1.165) is 19.2 Å². The minimum Gasteiger partial charge on any atom is -0.472 e. The molecule has 5 aromatic rings. The molecular weight excluding hydrogens is 575 g/mol. The molecule has 10 nitrogen and oxygen atoms in total. The van der Waals surface area contributed by atoms with Crippen molar-refractivity contribution in [3.8, 4) is 23.0 Å². The molecule has 1 saturated heterocycles. The van der Waals surface area contributed by atoms with Gasteiger partial charge in [0.25, 0.3) is 11.8 Å². The van der Waals surface area contributed by atoms with E-state index in [1.54, 1.807) is 49.1 Å². The molecule has 0 unspecified atom stereocenters. The van der Waals surface area contributed by atoms with Gasteiger partial charge in [-0.2, -0.15) is 18.2 Å². The summed E-state index contributed by atoms with van der Waals surface area (Å²) in [6.07, 6.45) is 0.0215. The van der Waals surface area contributed by atoms with E-state index in [9.17, 15) is 18.0 Å². The number of carbonyl (C=O) groups excluding carboxylic acids is 1. The second kappa shape index (κ2) is 11.7. The van der Waals surface area contributed by atoms with Gasteiger partial charge >= 0.3 is 6.18 Å². The smallest absolute Gasteiger partial charge is 0.416 e. The molecule has 4 heterocycles. The zero-order valence-electron chi connectivity index (χ0n) is 24.4. The Morgan fingerprint density at radius 3 is 2.57 bits per heavy atom. The van der Waals surface area contributed by atoms with Gasteiger partial charge in [-0.25, -0.2) is 9.97 Å². The second-order valence-electron chi connectivity index (χ2n) is 10.9. The van der Waals surface area contributed by atoms with Crippen LogP contribution in [0.2, 0.25) is 0 Å². The van der Waals surface area contributed by atoms with E-state index >= 15 is 0 Å². The van der Waals surface area contributed by atoms with E-state index in [0.29, 0.717) is 52.6 Å². The average Bonchev–Trinajstić information content (AvgIpc) is 3.66. The molecule has 0 spiro atoms. The lowest BCUT2D eigenvalue weighted by molar-refractivity contribution is -0.138. The molecule has 1 N–H and O–H groups in total. The Morgan fingerprint density at radius 1 is 1.05 bits per heavy atom. The summed E-state index contributed by atoms with van der Waals surface area (Å²) in [6.45, 7) is 4.88. The number of ether oxygens (including phenoxy) is 1. The highest BCUT2D eigenvalue weighted by atomic mass is 19.4. The van der Waals surface area contributed by atoms with Gasteiger partial charge in [-0.15, -0.1) is 0 Å². The number of carbonyl (C=O) groups is 1. The molecule has 0 atom stereocenters. The van der Waals surface area contributed by atoms with Gasteiger partial charge in [-0.05, 0) is 49.4 Å². The molecule has 1 fully saturated rings. The van der Waals surface area contributed by atoms with Crippen molar-refractivity contribution in [2.45, 2.75) is 19.6 Å². The predicted molar refractivity (Wildman–Crippen MR) is 157 cm³/mol. The lowest BCUT2D eigenvalue weighted by Crippen LogP contribution is -2.44. The van der Waals surface area contributed by atoms with E-state index in [1.807, 2.05) is 11.9 Å². The maximum Gasteiger partial charge on any atom is 0.416 e. The number of hydrogen-bond donors (Lipinski definition) is 1. The molecule has 228 valence electrons. The van der Waals surface area contributed by atoms with Gasteiger partial charge in [0, 0.05) is 57.1 Å². The van der Waals surface area contributed by atoms with Crippen molar-refractivity contribution in [1.82, 2.24) is 29.3 Å². The van der Waals surface area contributed by atoms with Crippen LogP contribution in [0.4, 0.5) is 18.9 Å². The third-order valence-electron chi connectivity index (χ3n) is 7.65. The Kier molecular flexibility index (Phi) is 7.82. The summed E-state index contributed by atoms with van der Waals surface area (Å²) in [6, 6.07) is 10.5. The van der Waals surface area contributed by atoms with Crippen LogP contribution in [0.15, 0.2) is 65.7 Å². The van der Waals surface area contributed by atoms with E-state index in [4.69, 9.17) is 9.15 Å². The number of halogens is 3. The van der Waals surface area contributed by atoms with Crippen LogP contribution in [-0.2, 0) is 19.8 Å². The number of amides is 1. The summed E-state index contributed by atoms with van der Waals surface area (Å²) in [4.78, 5) is 30.8. The molecule has 6 rings (SSSR count). The number of aromatic nitrogens is 4. The van der Waals surface area contributed by atoms with Gasteiger partial charge in [0.15, 0.2) is 17.0 Å². The summed E-state index contributed by atoms with van der Waals surface area (Å²) in [5.74, 6) is 0.243. The molecule has 44 heavy (non-hydrogen) atoms. The van der Waals surface area contributed by atoms with Gasteiger partial charge in [0.2, 0.25) is 0 Å². The normalized spacial score (nSPS) is 14.7. The van der Waals surface area contributed by atoms with Crippen LogP contribution >= 0.6 is 0 Å². The van der Waals surface area contributed by atoms with Gasteiger partial charge in [0.1, 0.15) is 12.0 Å². The van der Waals surface area contributed by atoms with E-state index in [2.05, 4.69) is 25.2 Å². The molecule has 0 bridgehead atoms. The maximum atomic E-state index is 14.1. The molecule has 0 saturated carbocycles. The van der Waals surface area contributed by atoms with Crippen LogP contribution in [0.3, 0.4) is 0 Å². The number of nitrogens with zero attached hydrogens (tertiary/aromatic N) is 6. The standard InChI is InChI=1S/C31H30F3N7O3/c1-19-4-7-23(44-30-26-28(40(3)18-35-26)37-27(38-30)22-8-13-43-17-22)15-25(19)36-29(42)20-5-6-21(24(14-20)31(32,33)34)16-41-11-9-39(2)10-12-41/h4-8,13-15,17-18H,9-12,16H2,1-3H3,(H,36,42). The third kappa shape index (κ3) is 6.15. The Balaban J connectivity index is 1.24. The number of hydrogen-bond acceptors (Lipinski definition) is 8. The molecule has 0 radical (unpaired) electrons. The molecule has 2 aromatic carbocycles. The van der Waals surface area contributed by atoms with Crippen molar-refractivity contribution in [2.75, 3.05) is 38.5 Å². The number of rotatable bonds is 7. The maximum absolute atomic E-state index is 14.1. The Morgan fingerprint density at radius 2 is 1.84 bits per heavy atom. The zero-order valence-corrected chi connectivity index (χ0v) is 24.4. The van der Waals surface area contributed by atoms with Crippen LogP contribution in [0.1, 0.15) is 27.0 Å². The number of benzene rings is 2. The van der Waals surface area contributed by atoms with Gasteiger partial charge < -0.3 is 23.9 Å². The van der Waals surface area contributed by atoms with Gasteiger partial charge in [0.05, 0.1) is 23.7 Å². The summed E-state index contributed by atoms with van der Waals surface area (Å²) in [7, 11) is 3.79. The van der Waals surface area contributed by atoms with Crippen molar-refractivity contribution in [3.63, 3.8) is 0 Å². The number of fused-ring (bicyclic) bond motifs is 1. The quantitative estimate of drug-likeness (QED) is 0.251. The predicted octanol–water partition coefficient (Wildman–Crippen LogP) is 5.74. The highest BCUT2D eigenvalue weighted by Gasteiger charge is 2.34. The molecule has 3 aromatic heterocycles. The van der Waals surface area contributed by atoms with Crippen LogP contribution in [0, 0.1) is 6.92 Å². The number of alkyl halides is 3. The molecule has 1 aliphatic heterocycles. The Hall–Kier alpha value is -4.75. The first kappa shape index (κ1) is 29.3. The van der Waals surface area contributed by atoms with Crippen molar-refractivity contribution in [3.05, 3.63) is 83.6 Å². The monoisotopic (exact) mass is 605 g/mol. The third-order valence-corrected chi connectivity index (χ3v) is 7.65. The highest BCUT2D eigenvalue weighted by molar-refractivity contribution is 6.05. The SMILES string of the molecule is Cc1ccc(Oc2nc(-c3ccoc3)nc3c2ncn3C)cc1NC(=O)c1ccc(CN2CCN(C)CC2)c(C(F)(F)F)c1. The molecular formula is C31H30F3N7O3. The van der Waals surface area contributed by atoms with E-state index in [1.165, 1.54) is 24.7 Å². The molecule has 1 aliphatic rings. The van der Waals surface area contributed by atoms with Crippen LogP contribution in [0.25, 0.3) is 22.6 Å². The van der Waals surface area contributed by atoms with Crippen LogP contribution in [0.5, 0.6) is 11.6 Å². The average molecular weight is 606 g/mol. The number of likely N-dealkylation sites (N-methyl/N-ethyl adjacent to an activating group) is 1. The van der Waals surface area contributed by atoms with Crippen molar-refractivity contribution < 1.29 is 27.1 Å². The van der Waals surface area contributed by atoms with Crippen LogP contribution in [-0.4, -0.2) is 68.5 Å². The number of anilines is 1. The van der Waals surface area contributed by atoms with Crippen molar-refractivity contribution in [1.29, 1.82) is 0 Å². The Labute approximate surface area is 251 Å². The lowest BCUT2D eigenvalue weighted by atomic mass is 10.0. The fraction of sp³-hybridized carbons (Fsp3) is 0.290. The first-order valence-corrected chi connectivity index (χ1v) is 14.0. The summed E-state index contributed by atoms with van der Waals surface area (Å²) in [5.41, 5.74) is 1.94. The van der Waals surface area contributed by atoms with E-state index in [-0.39, 0.29) is 23.6 Å². The fourth-order valence-electron chi connectivity index (χ4n) is 5.04. The number of piperazine rings is 1. The lowest BCUT2D eigenvalue weighted by Gasteiger charge is -2.33. The highest BCUT2D eigenvalue weighted by Crippen LogP contribution is 2.35. The second-order valence-corrected chi connectivity index (χ2v) is 10.9. The zero-order chi connectivity index (χ0) is 31.0. The number of imidazole rings is 1.